The topological polar surface area (TPSA) is 299 Å². The fraction of sp³-hybridized carbons (Fsp3) is 0.167. The number of carbonyl (C=O) groups is 16. The molecule has 6 aromatic carbocycles. The van der Waals surface area contributed by atoms with Gasteiger partial charge in [-0.1, -0.05) is 54.0 Å². The van der Waals surface area contributed by atoms with Crippen molar-refractivity contribution in [1.29, 1.82) is 0 Å². The molecule has 0 unspecified atom stereocenters. The van der Waals surface area contributed by atoms with Gasteiger partial charge in [-0.3, -0.25) is 96.3 Å². The summed E-state index contributed by atoms with van der Waals surface area (Å²) in [5, 5.41) is 0. The van der Waals surface area contributed by atoms with Gasteiger partial charge < -0.3 is 0 Å². The van der Waals surface area contributed by atoms with Crippen molar-refractivity contribution in [1.82, 2.24) is 19.6 Å². The zero-order valence-electron chi connectivity index (χ0n) is 51.2. The van der Waals surface area contributed by atoms with Crippen molar-refractivity contribution >= 4 is 117 Å². The lowest BCUT2D eigenvalue weighted by molar-refractivity contribution is -0.290. The first-order valence-electron chi connectivity index (χ1n) is 29.5. The van der Waals surface area contributed by atoms with Gasteiger partial charge >= 0.3 is 24.7 Å². The summed E-state index contributed by atoms with van der Waals surface area (Å²) in [5.74, 6) is -16.2. The van der Waals surface area contributed by atoms with Crippen LogP contribution in [0.3, 0.4) is 0 Å². The molecule has 556 valence electrons. The molecule has 8 heterocycles. The molecule has 16 amide bonds. The van der Waals surface area contributed by atoms with Gasteiger partial charge in [0.15, 0.2) is 0 Å². The molecular weight excluding hydrogens is 1460 g/mol. The summed E-state index contributed by atoms with van der Waals surface area (Å²) >= 11 is 0. The van der Waals surface area contributed by atoms with Crippen LogP contribution in [0.25, 0.3) is 0 Å². The molecule has 0 N–H and O–H groups in total. The molecule has 14 rings (SSSR count). The van der Waals surface area contributed by atoms with Crippen LogP contribution in [0.2, 0.25) is 0 Å². The Labute approximate surface area is 599 Å². The second-order valence-corrected chi connectivity index (χ2v) is 23.4. The van der Waals surface area contributed by atoms with Crippen molar-refractivity contribution in [3.05, 3.63) is 237 Å². The molecule has 8 aliphatic rings. The van der Waals surface area contributed by atoms with Gasteiger partial charge in [-0.25, -0.2) is 19.6 Å². The second-order valence-electron chi connectivity index (χ2n) is 23.4. The third-order valence-electron chi connectivity index (χ3n) is 17.9. The van der Waals surface area contributed by atoms with Gasteiger partial charge in [-0.05, 0) is 119 Å². The Morgan fingerprint density at radius 2 is 0.398 bits per heavy atom. The quantitative estimate of drug-likeness (QED) is 0.0812. The largest absolute Gasteiger partial charge is 0.411 e. The lowest BCUT2D eigenvalue weighted by Crippen LogP contribution is -2.55. The number of rotatable bonds is 12. The Kier molecular flexibility index (Phi) is 19.6. The van der Waals surface area contributed by atoms with E-state index in [1.807, 2.05) is 0 Å². The first-order chi connectivity index (χ1) is 48.8. The number of hydrogen-bond acceptors (Lipinski definition) is 16. The van der Waals surface area contributed by atoms with Gasteiger partial charge in [-0.2, -0.15) is 52.7 Å². The number of imide groups is 8. The third kappa shape index (κ3) is 11.6. The number of amides is 16. The average molecular weight is 1510 g/mol. The summed E-state index contributed by atoms with van der Waals surface area (Å²) in [7, 11) is 0. The van der Waals surface area contributed by atoms with Crippen LogP contribution in [0.1, 0.15) is 135 Å². The fourth-order valence-corrected chi connectivity index (χ4v) is 12.9. The zero-order valence-corrected chi connectivity index (χ0v) is 51.2. The number of anilines is 4. The van der Waals surface area contributed by atoms with Gasteiger partial charge in [0.1, 0.15) is 13.3 Å². The minimum absolute atomic E-state index is 0. The van der Waals surface area contributed by atoms with Crippen molar-refractivity contribution in [2.75, 3.05) is 32.9 Å². The van der Waals surface area contributed by atoms with Gasteiger partial charge in [0, 0.05) is 48.6 Å². The van der Waals surface area contributed by atoms with E-state index in [1.165, 1.54) is 24.3 Å². The molecule has 0 aliphatic carbocycles. The predicted molar refractivity (Wildman–Crippen MR) is 350 cm³/mol. The number of carbonyl (C=O) groups excluding carboxylic acids is 16. The monoisotopic (exact) mass is 1510 g/mol. The van der Waals surface area contributed by atoms with E-state index in [4.69, 9.17) is 0 Å². The summed E-state index contributed by atoms with van der Waals surface area (Å²) in [4.78, 5) is 206. The highest BCUT2D eigenvalue weighted by atomic mass is 19.4. The Morgan fingerprint density at radius 1 is 0.213 bits per heavy atom. The molecule has 0 bridgehead atoms. The van der Waals surface area contributed by atoms with Gasteiger partial charge in [0.25, 0.3) is 94.5 Å². The van der Waals surface area contributed by atoms with Gasteiger partial charge in [0.05, 0.1) is 67.3 Å². The number of alkyl halides is 12. The molecule has 108 heavy (non-hydrogen) atoms. The SMILES string of the molecule is C.C.C.C.O=C1C=CC(=O)N1CN1C(=O)c2ccc(C(c3ccc4c(c3)C(=O)N(CN3C(=O)C=CC3=O)C4=O)(C(F)(F)F)C(F)(F)F)cc2C1=O.O=C1C=CC(=O)N1c1ccc(N2C(=O)c3ccc(C(c4ccc5c(c4)C(=O)N(c4ccc(N6C(=O)C=CC6=O)cc4)C5=O)(C(F)(F)F)C(F)(F)F)cc3C2=O)cc1. The lowest BCUT2D eigenvalue weighted by Gasteiger charge is -2.38. The summed E-state index contributed by atoms with van der Waals surface area (Å²) < 4.78 is 181. The maximum absolute atomic E-state index is 15.3. The van der Waals surface area contributed by atoms with E-state index in [1.54, 1.807) is 0 Å². The Hall–Kier alpha value is -13.4. The molecule has 0 atom stereocenters. The van der Waals surface area contributed by atoms with Crippen molar-refractivity contribution in [3.8, 4) is 0 Å². The van der Waals surface area contributed by atoms with Crippen LogP contribution in [0.5, 0.6) is 0 Å². The second kappa shape index (κ2) is 26.9. The van der Waals surface area contributed by atoms with Crippen LogP contribution in [0.4, 0.5) is 75.4 Å². The highest BCUT2D eigenvalue weighted by molar-refractivity contribution is 6.36. The molecule has 0 saturated heterocycles. The van der Waals surface area contributed by atoms with Gasteiger partial charge in [0.2, 0.25) is 10.8 Å². The number of fused-ring (bicyclic) bond motifs is 4. The molecule has 36 heteroatoms. The van der Waals surface area contributed by atoms with Crippen molar-refractivity contribution in [2.45, 2.75) is 65.2 Å². The molecule has 0 fully saturated rings. The highest BCUT2D eigenvalue weighted by Gasteiger charge is 2.74. The minimum Gasteiger partial charge on any atom is -0.269 e. The number of hydrogen-bond donors (Lipinski definition) is 0. The van der Waals surface area contributed by atoms with E-state index in [-0.39, 0.29) is 64.6 Å². The van der Waals surface area contributed by atoms with Crippen molar-refractivity contribution in [2.24, 2.45) is 0 Å². The van der Waals surface area contributed by atoms with Crippen LogP contribution in [-0.4, -0.2) is 152 Å². The predicted octanol–water partition coefficient (Wildman–Crippen LogP) is 10.2. The molecule has 6 aromatic rings. The molecular formula is C72H48F12N8O16. The maximum atomic E-state index is 15.3. The molecule has 24 nitrogen and oxygen atoms in total. The molecule has 0 saturated carbocycles. The van der Waals surface area contributed by atoms with E-state index < -0.39 is 210 Å². The first kappa shape index (κ1) is 78.7. The lowest BCUT2D eigenvalue weighted by atomic mass is 9.71. The molecule has 0 spiro atoms. The first-order valence-corrected chi connectivity index (χ1v) is 29.5. The standard InChI is InChI=1S/C39H18F6N4O8.C29H14F6N4O8.4CH4/c40-38(41,42)37(39(43,44)45,19-1-11-25-27(17-19)35(56)48(33(25)54)23-7-3-21(4-8-23)46-29(50)13-14-30(46)51)20-2-12-26-28(18-20)36(57)49(34(26)55)24-9-5-22(6-10-24)47-31(52)15-16-32(47)53;30-28(31,32)27(29(33,34)35,13-1-3-15-17(9-13)25(46)38(23(15)44)11-36-19(40)5-6-20(36)41)14-2-4-16-18(10-14)26(47)39(24(16)45)12-37-21(42)7-8-22(37)43;;;;/h1-18H;1-10H,11-12H2;4*1H4. The van der Waals surface area contributed by atoms with E-state index in [0.717, 1.165) is 82.7 Å². The number of nitrogens with zero attached hydrogens (tertiary/aromatic N) is 8. The van der Waals surface area contributed by atoms with Crippen molar-refractivity contribution in [3.63, 3.8) is 0 Å². The van der Waals surface area contributed by atoms with Crippen LogP contribution in [-0.2, 0) is 49.2 Å². The maximum Gasteiger partial charge on any atom is 0.411 e. The molecule has 0 aromatic heterocycles. The third-order valence-corrected chi connectivity index (χ3v) is 17.9. The summed E-state index contributed by atoms with van der Waals surface area (Å²) in [6.45, 7) is -1.92. The number of halogens is 12. The van der Waals surface area contributed by atoms with Gasteiger partial charge in [-0.15, -0.1) is 0 Å². The van der Waals surface area contributed by atoms with E-state index >= 15 is 26.3 Å². The van der Waals surface area contributed by atoms with E-state index in [2.05, 4.69) is 0 Å². The Bertz CT molecular complexity index is 4840. The normalized spacial score (nSPS) is 16.9. The summed E-state index contributed by atoms with van der Waals surface area (Å²) in [6, 6.07) is 14.3. The Balaban J connectivity index is 0.000000244. The van der Waals surface area contributed by atoms with Crippen molar-refractivity contribution < 1.29 is 129 Å². The average Bonchev–Trinajstić information content (AvgIpc) is 1.16. The Morgan fingerprint density at radius 3 is 0.630 bits per heavy atom. The summed E-state index contributed by atoms with van der Waals surface area (Å²) in [5.41, 5.74) is -21.9. The zero-order chi connectivity index (χ0) is 75.3. The fourth-order valence-electron chi connectivity index (χ4n) is 12.9. The minimum atomic E-state index is -6.22. The van der Waals surface area contributed by atoms with Crippen LogP contribution >= 0.6 is 0 Å². The molecule has 8 aliphatic heterocycles. The molecule has 0 radical (unpaired) electrons. The van der Waals surface area contributed by atoms with Crippen LogP contribution < -0.4 is 19.6 Å². The highest BCUT2D eigenvalue weighted by Crippen LogP contribution is 2.59. The number of benzene rings is 6. The van der Waals surface area contributed by atoms with E-state index in [0.29, 0.717) is 90.1 Å². The van der Waals surface area contributed by atoms with Crippen LogP contribution in [0.15, 0.2) is 170 Å². The smallest absolute Gasteiger partial charge is 0.269 e. The summed E-state index contributed by atoms with van der Waals surface area (Å²) in [6.07, 6.45) is -17.5. The van der Waals surface area contributed by atoms with E-state index in [9.17, 15) is 103 Å². The van der Waals surface area contributed by atoms with Crippen LogP contribution in [0, 0.1) is 0 Å².